The molecule has 0 aliphatic carbocycles. The number of hydrogen-bond donors (Lipinski definition) is 1. The van der Waals surface area contributed by atoms with Crippen LogP contribution in [-0.2, 0) is 11.3 Å². The molecule has 0 amide bonds. The lowest BCUT2D eigenvalue weighted by Gasteiger charge is -2.05. The predicted molar refractivity (Wildman–Crippen MR) is 56.4 cm³/mol. The predicted octanol–water partition coefficient (Wildman–Crippen LogP) is 1.57. The van der Waals surface area contributed by atoms with Gasteiger partial charge in [-0.05, 0) is 46.4 Å². The van der Waals surface area contributed by atoms with Gasteiger partial charge in [-0.3, -0.25) is 0 Å². The quantitative estimate of drug-likeness (QED) is 0.665. The number of halogens is 1. The fourth-order valence-corrected chi connectivity index (χ4v) is 1.56. The molecule has 0 bridgehead atoms. The molecule has 70 valence electrons. The van der Waals surface area contributed by atoms with Crippen LogP contribution in [0.1, 0.15) is 15.9 Å². The van der Waals surface area contributed by atoms with Crippen molar-refractivity contribution in [1.29, 1.82) is 0 Å². The van der Waals surface area contributed by atoms with E-state index in [0.29, 0.717) is 11.1 Å². The summed E-state index contributed by atoms with van der Waals surface area (Å²) in [6.07, 6.45) is 0. The van der Waals surface area contributed by atoms with E-state index < -0.39 is 5.97 Å². The van der Waals surface area contributed by atoms with Crippen molar-refractivity contribution >= 4 is 28.6 Å². The lowest BCUT2D eigenvalue weighted by atomic mass is 10.1. The Bertz CT molecular complexity index is 323. The van der Waals surface area contributed by atoms with Crippen LogP contribution < -0.4 is 0 Å². The second kappa shape index (κ2) is 4.57. The maximum Gasteiger partial charge on any atom is 0.338 e. The third-order valence-electron chi connectivity index (χ3n) is 1.64. The first kappa shape index (κ1) is 10.5. The number of methoxy groups -OCH3 is 1. The van der Waals surface area contributed by atoms with Gasteiger partial charge in [-0.2, -0.15) is 0 Å². The van der Waals surface area contributed by atoms with E-state index in [1.54, 1.807) is 18.2 Å². The number of aliphatic hydroxyl groups excluding tert-OH is 1. The molecule has 0 unspecified atom stereocenters. The first-order valence-electron chi connectivity index (χ1n) is 3.66. The minimum absolute atomic E-state index is 0.152. The van der Waals surface area contributed by atoms with Crippen LogP contribution in [0.3, 0.4) is 0 Å². The van der Waals surface area contributed by atoms with Gasteiger partial charge in [0.25, 0.3) is 0 Å². The summed E-state index contributed by atoms with van der Waals surface area (Å²) in [7, 11) is 1.32. The van der Waals surface area contributed by atoms with E-state index in [-0.39, 0.29) is 6.61 Å². The highest BCUT2D eigenvalue weighted by molar-refractivity contribution is 14.1. The largest absolute Gasteiger partial charge is 0.465 e. The molecule has 0 fully saturated rings. The normalized spacial score (nSPS) is 9.77. The number of carbonyl (C=O) groups is 1. The third kappa shape index (κ3) is 2.41. The molecular formula is C9H9IO3. The molecule has 0 aliphatic rings. The van der Waals surface area contributed by atoms with Crippen molar-refractivity contribution < 1.29 is 14.6 Å². The molecular weight excluding hydrogens is 283 g/mol. The standard InChI is InChI=1S/C9H9IO3/c1-13-9(12)8-3-2-7(10)4-6(8)5-11/h2-4,11H,5H2,1H3. The zero-order valence-corrected chi connectivity index (χ0v) is 9.24. The van der Waals surface area contributed by atoms with E-state index in [2.05, 4.69) is 27.3 Å². The number of hydrogen-bond acceptors (Lipinski definition) is 3. The Morgan fingerprint density at radius 1 is 1.62 bits per heavy atom. The zero-order chi connectivity index (χ0) is 9.84. The van der Waals surface area contributed by atoms with Crippen LogP contribution in [0.2, 0.25) is 0 Å². The average Bonchev–Trinajstić information content (AvgIpc) is 2.16. The van der Waals surface area contributed by atoms with Crippen LogP contribution in [-0.4, -0.2) is 18.2 Å². The molecule has 0 saturated heterocycles. The van der Waals surface area contributed by atoms with Crippen LogP contribution in [0.15, 0.2) is 18.2 Å². The molecule has 0 atom stereocenters. The summed E-state index contributed by atoms with van der Waals surface area (Å²) in [6.45, 7) is -0.152. The van der Waals surface area contributed by atoms with Crippen molar-refractivity contribution in [3.8, 4) is 0 Å². The van der Waals surface area contributed by atoms with Crippen molar-refractivity contribution in [1.82, 2.24) is 0 Å². The maximum atomic E-state index is 11.2. The molecule has 0 heterocycles. The second-order valence-electron chi connectivity index (χ2n) is 2.45. The SMILES string of the molecule is COC(=O)c1ccc(I)cc1CO. The molecule has 1 N–H and O–H groups in total. The fourth-order valence-electron chi connectivity index (χ4n) is 1.00. The van der Waals surface area contributed by atoms with Gasteiger partial charge in [0, 0.05) is 3.57 Å². The molecule has 1 rings (SSSR count). The van der Waals surface area contributed by atoms with E-state index in [9.17, 15) is 4.79 Å². The topological polar surface area (TPSA) is 46.5 Å². The van der Waals surface area contributed by atoms with Gasteiger partial charge in [0.2, 0.25) is 0 Å². The van der Waals surface area contributed by atoms with Crippen molar-refractivity contribution in [2.75, 3.05) is 7.11 Å². The molecule has 3 nitrogen and oxygen atoms in total. The van der Waals surface area contributed by atoms with E-state index in [4.69, 9.17) is 5.11 Å². The van der Waals surface area contributed by atoms with Crippen LogP contribution in [0.25, 0.3) is 0 Å². The fraction of sp³-hybridized carbons (Fsp3) is 0.222. The smallest absolute Gasteiger partial charge is 0.338 e. The summed E-state index contributed by atoms with van der Waals surface area (Å²) in [6, 6.07) is 5.21. The molecule has 1 aromatic carbocycles. The van der Waals surface area contributed by atoms with Gasteiger partial charge in [0.05, 0.1) is 19.3 Å². The molecule has 0 spiro atoms. The molecule has 0 aromatic heterocycles. The summed E-state index contributed by atoms with van der Waals surface area (Å²) in [4.78, 5) is 11.2. The highest BCUT2D eigenvalue weighted by Crippen LogP contribution is 2.14. The lowest BCUT2D eigenvalue weighted by molar-refractivity contribution is 0.0597. The van der Waals surface area contributed by atoms with Crippen molar-refractivity contribution in [2.24, 2.45) is 0 Å². The minimum Gasteiger partial charge on any atom is -0.465 e. The second-order valence-corrected chi connectivity index (χ2v) is 3.70. The van der Waals surface area contributed by atoms with Gasteiger partial charge >= 0.3 is 5.97 Å². The van der Waals surface area contributed by atoms with E-state index >= 15 is 0 Å². The summed E-state index contributed by atoms with van der Waals surface area (Å²) in [5, 5.41) is 8.98. The number of esters is 1. The molecule has 1 aromatic rings. The Morgan fingerprint density at radius 3 is 2.85 bits per heavy atom. The minimum atomic E-state index is -0.416. The summed E-state index contributed by atoms with van der Waals surface area (Å²) >= 11 is 2.12. The van der Waals surface area contributed by atoms with Crippen LogP contribution in [0.5, 0.6) is 0 Å². The molecule has 0 aliphatic heterocycles. The first-order chi connectivity index (χ1) is 6.19. The molecule has 0 radical (unpaired) electrons. The summed E-state index contributed by atoms with van der Waals surface area (Å²) in [5.41, 5.74) is 1.02. The van der Waals surface area contributed by atoms with Crippen LogP contribution in [0.4, 0.5) is 0 Å². The number of carbonyl (C=O) groups excluding carboxylic acids is 1. The Morgan fingerprint density at radius 2 is 2.31 bits per heavy atom. The van der Waals surface area contributed by atoms with Gasteiger partial charge in [-0.25, -0.2) is 4.79 Å². The van der Waals surface area contributed by atoms with E-state index in [0.717, 1.165) is 3.57 Å². The van der Waals surface area contributed by atoms with Crippen molar-refractivity contribution in [3.63, 3.8) is 0 Å². The van der Waals surface area contributed by atoms with Crippen LogP contribution in [0, 0.1) is 3.57 Å². The van der Waals surface area contributed by atoms with Gasteiger partial charge in [-0.15, -0.1) is 0 Å². The Labute approximate surface area is 89.9 Å². The van der Waals surface area contributed by atoms with Gasteiger partial charge in [0.1, 0.15) is 0 Å². The van der Waals surface area contributed by atoms with Gasteiger partial charge in [-0.1, -0.05) is 0 Å². The summed E-state index contributed by atoms with van der Waals surface area (Å²) < 4.78 is 5.55. The molecule has 4 heteroatoms. The lowest BCUT2D eigenvalue weighted by Crippen LogP contribution is -2.05. The van der Waals surface area contributed by atoms with Gasteiger partial charge < -0.3 is 9.84 Å². The Hall–Kier alpha value is -0.620. The van der Waals surface area contributed by atoms with E-state index in [1.165, 1.54) is 7.11 Å². The Kier molecular flexibility index (Phi) is 3.68. The monoisotopic (exact) mass is 292 g/mol. The average molecular weight is 292 g/mol. The number of aliphatic hydroxyl groups is 1. The van der Waals surface area contributed by atoms with E-state index in [1.807, 2.05) is 0 Å². The molecule has 0 saturated carbocycles. The number of benzene rings is 1. The third-order valence-corrected chi connectivity index (χ3v) is 2.31. The van der Waals surface area contributed by atoms with Crippen molar-refractivity contribution in [3.05, 3.63) is 32.9 Å². The van der Waals surface area contributed by atoms with Crippen LogP contribution >= 0.6 is 22.6 Å². The molecule has 13 heavy (non-hydrogen) atoms. The van der Waals surface area contributed by atoms with Gasteiger partial charge in [0.15, 0.2) is 0 Å². The maximum absolute atomic E-state index is 11.2. The number of rotatable bonds is 2. The highest BCUT2D eigenvalue weighted by atomic mass is 127. The number of ether oxygens (including phenoxy) is 1. The first-order valence-corrected chi connectivity index (χ1v) is 4.74. The zero-order valence-electron chi connectivity index (χ0n) is 7.08. The summed E-state index contributed by atoms with van der Waals surface area (Å²) in [5.74, 6) is -0.416. The Balaban J connectivity index is 3.13. The van der Waals surface area contributed by atoms with Crippen molar-refractivity contribution in [2.45, 2.75) is 6.61 Å². The highest BCUT2D eigenvalue weighted by Gasteiger charge is 2.10.